The quantitative estimate of drug-likeness (QED) is 0.539. The van der Waals surface area contributed by atoms with Crippen LogP contribution in [0.3, 0.4) is 0 Å². The second kappa shape index (κ2) is 6.52. The number of ether oxygens (including phenoxy) is 2. The van der Waals surface area contributed by atoms with Gasteiger partial charge in [0.25, 0.3) is 0 Å². The maximum Gasteiger partial charge on any atom is 0.325 e. The molecule has 0 radical (unpaired) electrons. The van der Waals surface area contributed by atoms with E-state index in [0.717, 1.165) is 10.9 Å². The van der Waals surface area contributed by atoms with Gasteiger partial charge in [0, 0.05) is 23.8 Å². The number of benzene rings is 2. The molecule has 122 valence electrons. The highest BCUT2D eigenvalue weighted by Crippen LogP contribution is 2.25. The summed E-state index contributed by atoms with van der Waals surface area (Å²) in [7, 11) is 0. The molecule has 0 fully saturated rings. The minimum Gasteiger partial charge on any atom is -0.439 e. The van der Waals surface area contributed by atoms with Crippen LogP contribution >= 0.6 is 0 Å². The standard InChI is InChI=1S/C19H12FN3O2/c20-14-3-5-15(6-4-14)24-18-9-11-22-19(23-18)25-16-7-8-17-13(12-16)2-1-10-21-17/h1-12H. The van der Waals surface area contributed by atoms with Crippen LogP contribution in [0, 0.1) is 5.82 Å². The van der Waals surface area contributed by atoms with E-state index >= 15 is 0 Å². The predicted molar refractivity (Wildman–Crippen MR) is 90.3 cm³/mol. The monoisotopic (exact) mass is 333 g/mol. The SMILES string of the molecule is Fc1ccc(Oc2ccnc(Oc3ccc4ncccc4c3)n2)cc1. The van der Waals surface area contributed by atoms with Gasteiger partial charge in [-0.25, -0.2) is 9.37 Å². The van der Waals surface area contributed by atoms with Crippen molar-refractivity contribution in [2.24, 2.45) is 0 Å². The van der Waals surface area contributed by atoms with Crippen LogP contribution in [-0.2, 0) is 0 Å². The highest BCUT2D eigenvalue weighted by molar-refractivity contribution is 5.79. The summed E-state index contributed by atoms with van der Waals surface area (Å²) in [6.07, 6.45) is 3.27. The average molecular weight is 333 g/mol. The van der Waals surface area contributed by atoms with Gasteiger partial charge in [0.1, 0.15) is 17.3 Å². The molecule has 0 amide bonds. The summed E-state index contributed by atoms with van der Waals surface area (Å²) >= 11 is 0. The Balaban J connectivity index is 1.55. The van der Waals surface area contributed by atoms with Crippen LogP contribution in [0.15, 0.2) is 73.1 Å². The van der Waals surface area contributed by atoms with E-state index in [4.69, 9.17) is 9.47 Å². The summed E-state index contributed by atoms with van der Waals surface area (Å²) in [5, 5.41) is 0.957. The first kappa shape index (κ1) is 15.0. The molecule has 0 aliphatic heterocycles. The molecule has 0 N–H and O–H groups in total. The lowest BCUT2D eigenvalue weighted by molar-refractivity contribution is 0.411. The second-order valence-corrected chi connectivity index (χ2v) is 5.19. The van der Waals surface area contributed by atoms with E-state index in [1.807, 2.05) is 24.3 Å². The molecule has 0 aliphatic rings. The maximum atomic E-state index is 12.9. The van der Waals surface area contributed by atoms with Gasteiger partial charge in [-0.2, -0.15) is 4.98 Å². The fourth-order valence-electron chi connectivity index (χ4n) is 2.28. The Kier molecular flexibility index (Phi) is 3.92. The number of rotatable bonds is 4. The molecule has 6 heteroatoms. The predicted octanol–water partition coefficient (Wildman–Crippen LogP) is 4.75. The van der Waals surface area contributed by atoms with Crippen molar-refractivity contribution in [2.45, 2.75) is 0 Å². The van der Waals surface area contributed by atoms with Crippen molar-refractivity contribution in [1.82, 2.24) is 15.0 Å². The van der Waals surface area contributed by atoms with Crippen molar-refractivity contribution in [3.63, 3.8) is 0 Å². The molecule has 0 saturated heterocycles. The molecular formula is C19H12FN3O2. The Morgan fingerprint density at radius 3 is 2.48 bits per heavy atom. The summed E-state index contributed by atoms with van der Waals surface area (Å²) < 4.78 is 24.2. The fourth-order valence-corrected chi connectivity index (χ4v) is 2.28. The molecule has 0 aliphatic carbocycles. The number of nitrogens with zero attached hydrogens (tertiary/aromatic N) is 3. The molecule has 2 aromatic heterocycles. The molecule has 25 heavy (non-hydrogen) atoms. The van der Waals surface area contributed by atoms with Gasteiger partial charge in [0.15, 0.2) is 0 Å². The minimum absolute atomic E-state index is 0.155. The Bertz CT molecular complexity index is 1020. The van der Waals surface area contributed by atoms with Gasteiger partial charge in [-0.1, -0.05) is 6.07 Å². The van der Waals surface area contributed by atoms with Crippen molar-refractivity contribution in [3.05, 3.63) is 78.9 Å². The van der Waals surface area contributed by atoms with Crippen molar-refractivity contribution in [3.8, 4) is 23.4 Å². The van der Waals surface area contributed by atoms with Crippen LogP contribution in [0.4, 0.5) is 4.39 Å². The first-order valence-electron chi connectivity index (χ1n) is 7.55. The zero-order valence-corrected chi connectivity index (χ0v) is 13.0. The number of pyridine rings is 1. The minimum atomic E-state index is -0.329. The van der Waals surface area contributed by atoms with Gasteiger partial charge >= 0.3 is 6.01 Å². The van der Waals surface area contributed by atoms with Gasteiger partial charge in [-0.3, -0.25) is 4.98 Å². The molecule has 2 heterocycles. The van der Waals surface area contributed by atoms with E-state index in [0.29, 0.717) is 17.4 Å². The molecule has 0 bridgehead atoms. The molecule has 0 spiro atoms. The third-order valence-corrected chi connectivity index (χ3v) is 3.43. The molecule has 5 nitrogen and oxygen atoms in total. The zero-order chi connectivity index (χ0) is 17.1. The van der Waals surface area contributed by atoms with Crippen LogP contribution in [-0.4, -0.2) is 15.0 Å². The summed E-state index contributed by atoms with van der Waals surface area (Å²) in [5.41, 5.74) is 0.879. The highest BCUT2D eigenvalue weighted by atomic mass is 19.1. The van der Waals surface area contributed by atoms with Crippen LogP contribution in [0.1, 0.15) is 0 Å². The highest BCUT2D eigenvalue weighted by Gasteiger charge is 2.06. The lowest BCUT2D eigenvalue weighted by Gasteiger charge is -2.07. The fraction of sp³-hybridized carbons (Fsp3) is 0. The lowest BCUT2D eigenvalue weighted by Crippen LogP contribution is -1.94. The van der Waals surface area contributed by atoms with Crippen molar-refractivity contribution < 1.29 is 13.9 Å². The number of halogens is 1. The number of hydrogen-bond acceptors (Lipinski definition) is 5. The molecular weight excluding hydrogens is 321 g/mol. The maximum absolute atomic E-state index is 12.9. The third kappa shape index (κ3) is 3.53. The van der Waals surface area contributed by atoms with Crippen molar-refractivity contribution in [1.29, 1.82) is 0 Å². The summed E-state index contributed by atoms with van der Waals surface area (Å²) in [5.74, 6) is 1.05. The van der Waals surface area contributed by atoms with Crippen LogP contribution in [0.2, 0.25) is 0 Å². The van der Waals surface area contributed by atoms with E-state index in [9.17, 15) is 4.39 Å². The van der Waals surface area contributed by atoms with Crippen LogP contribution in [0.25, 0.3) is 10.9 Å². The Labute approximate surface area is 142 Å². The van der Waals surface area contributed by atoms with E-state index in [1.54, 1.807) is 18.3 Å². The molecule has 4 aromatic rings. The number of aromatic nitrogens is 3. The average Bonchev–Trinajstić information content (AvgIpc) is 2.64. The van der Waals surface area contributed by atoms with Crippen molar-refractivity contribution >= 4 is 10.9 Å². The Morgan fingerprint density at radius 2 is 1.60 bits per heavy atom. The lowest BCUT2D eigenvalue weighted by atomic mass is 10.2. The van der Waals surface area contributed by atoms with Crippen LogP contribution < -0.4 is 9.47 Å². The van der Waals surface area contributed by atoms with Gasteiger partial charge in [-0.15, -0.1) is 0 Å². The second-order valence-electron chi connectivity index (χ2n) is 5.19. The summed E-state index contributed by atoms with van der Waals surface area (Å²) in [6, 6.07) is 16.8. The first-order valence-corrected chi connectivity index (χ1v) is 7.55. The van der Waals surface area contributed by atoms with Crippen LogP contribution in [0.5, 0.6) is 23.4 Å². The largest absolute Gasteiger partial charge is 0.439 e. The normalized spacial score (nSPS) is 10.6. The third-order valence-electron chi connectivity index (χ3n) is 3.43. The molecule has 0 unspecified atom stereocenters. The number of hydrogen-bond donors (Lipinski definition) is 0. The van der Waals surface area contributed by atoms with E-state index < -0.39 is 0 Å². The Hall–Kier alpha value is -3.54. The molecule has 0 atom stereocenters. The van der Waals surface area contributed by atoms with Gasteiger partial charge in [-0.05, 0) is 48.5 Å². The number of fused-ring (bicyclic) bond motifs is 1. The summed E-state index contributed by atoms with van der Waals surface area (Å²) in [4.78, 5) is 12.5. The summed E-state index contributed by atoms with van der Waals surface area (Å²) in [6.45, 7) is 0. The molecule has 2 aromatic carbocycles. The van der Waals surface area contributed by atoms with E-state index in [2.05, 4.69) is 15.0 Å². The first-order chi connectivity index (χ1) is 12.3. The van der Waals surface area contributed by atoms with Gasteiger partial charge < -0.3 is 9.47 Å². The molecule has 4 rings (SSSR count). The van der Waals surface area contributed by atoms with E-state index in [-0.39, 0.29) is 11.8 Å². The topological polar surface area (TPSA) is 57.1 Å². The van der Waals surface area contributed by atoms with Crippen molar-refractivity contribution in [2.75, 3.05) is 0 Å². The zero-order valence-electron chi connectivity index (χ0n) is 13.0. The Morgan fingerprint density at radius 1 is 0.760 bits per heavy atom. The van der Waals surface area contributed by atoms with E-state index in [1.165, 1.54) is 30.5 Å². The smallest absolute Gasteiger partial charge is 0.325 e. The molecule has 0 saturated carbocycles. The van der Waals surface area contributed by atoms with Gasteiger partial charge in [0.2, 0.25) is 5.88 Å². The van der Waals surface area contributed by atoms with Gasteiger partial charge in [0.05, 0.1) is 5.52 Å².